The van der Waals surface area contributed by atoms with Crippen molar-refractivity contribution in [3.63, 3.8) is 0 Å². The van der Waals surface area contributed by atoms with E-state index in [4.69, 9.17) is 0 Å². The van der Waals surface area contributed by atoms with E-state index in [1.54, 1.807) is 28.7 Å². The Bertz CT molecular complexity index is 1530. The lowest BCUT2D eigenvalue weighted by Gasteiger charge is -2.45. The molecule has 0 saturated carbocycles. The fourth-order valence-corrected chi connectivity index (χ4v) is 6.16. The van der Waals surface area contributed by atoms with Gasteiger partial charge >= 0.3 is 0 Å². The van der Waals surface area contributed by atoms with E-state index in [1.165, 1.54) is 0 Å². The van der Waals surface area contributed by atoms with E-state index in [1.807, 2.05) is 87.5 Å². The standard InChI is InChI=1S/C35H43N5O4/c1-23(36-5)32(42)37-31(35(2,3)4)34(44)39-22-30(41)40-28(20-25-15-16-26-13-9-10-14-27(26)19-25)33(43)38(21-29(39)40)18-17-24-11-7-6-8-12-24/h6-16,19,23,28-29,31,36H,17-18,20-22H2,1-5H3,(H,37,42)/t23-,28-,29+,31+/m0/s1. The van der Waals surface area contributed by atoms with Crippen molar-refractivity contribution in [2.24, 2.45) is 5.41 Å². The molecular formula is C35H43N5O4. The zero-order valence-electron chi connectivity index (χ0n) is 26.2. The lowest BCUT2D eigenvalue weighted by Crippen LogP contribution is -2.66. The maximum atomic E-state index is 14.2. The zero-order chi connectivity index (χ0) is 31.6. The highest BCUT2D eigenvalue weighted by molar-refractivity contribution is 5.97. The van der Waals surface area contributed by atoms with Gasteiger partial charge in [-0.1, -0.05) is 93.6 Å². The molecule has 2 fully saturated rings. The summed E-state index contributed by atoms with van der Waals surface area (Å²) in [7, 11) is 1.69. The molecule has 9 heteroatoms. The molecule has 2 aliphatic heterocycles. The van der Waals surface area contributed by atoms with E-state index >= 15 is 0 Å². The number of amides is 4. The number of likely N-dealkylation sites (N-methyl/N-ethyl adjacent to an activating group) is 1. The SMILES string of the molecule is CN[C@@H](C)C(=O)N[C@H](C(=O)N1CC(=O)N2[C@@H]1CN(CCc1ccccc1)C(=O)[C@@H]2Cc1ccc2ccccc2c1)C(C)(C)C. The van der Waals surface area contributed by atoms with Gasteiger partial charge in [-0.05, 0) is 47.7 Å². The number of benzene rings is 3. The zero-order valence-corrected chi connectivity index (χ0v) is 26.2. The number of carbonyl (C=O) groups is 4. The second-order valence-corrected chi connectivity index (χ2v) is 13.0. The van der Waals surface area contributed by atoms with E-state index in [9.17, 15) is 19.2 Å². The first-order valence-corrected chi connectivity index (χ1v) is 15.4. The summed E-state index contributed by atoms with van der Waals surface area (Å²) in [5.74, 6) is -0.984. The molecule has 44 heavy (non-hydrogen) atoms. The van der Waals surface area contributed by atoms with Crippen LogP contribution >= 0.6 is 0 Å². The topological polar surface area (TPSA) is 102 Å². The van der Waals surface area contributed by atoms with Gasteiger partial charge in [0, 0.05) is 13.0 Å². The fourth-order valence-electron chi connectivity index (χ4n) is 6.16. The minimum Gasteiger partial charge on any atom is -0.342 e. The Kier molecular flexibility index (Phi) is 9.06. The summed E-state index contributed by atoms with van der Waals surface area (Å²) in [6.45, 7) is 7.97. The van der Waals surface area contributed by atoms with Gasteiger partial charge in [-0.15, -0.1) is 0 Å². The Morgan fingerprint density at radius 3 is 2.30 bits per heavy atom. The summed E-state index contributed by atoms with van der Waals surface area (Å²) in [6, 6.07) is 22.0. The van der Waals surface area contributed by atoms with Crippen molar-refractivity contribution in [2.75, 3.05) is 26.7 Å². The third kappa shape index (κ3) is 6.48. The number of hydrogen-bond acceptors (Lipinski definition) is 5. The minimum absolute atomic E-state index is 0.114. The molecule has 3 aromatic carbocycles. The number of nitrogens with zero attached hydrogens (tertiary/aromatic N) is 3. The second-order valence-electron chi connectivity index (χ2n) is 13.0. The molecule has 2 aliphatic rings. The summed E-state index contributed by atoms with van der Waals surface area (Å²) in [4.78, 5) is 59.9. The van der Waals surface area contributed by atoms with E-state index in [0.717, 1.165) is 21.9 Å². The predicted molar refractivity (Wildman–Crippen MR) is 170 cm³/mol. The average Bonchev–Trinajstić information content (AvgIpc) is 3.34. The number of carbonyl (C=O) groups excluding carboxylic acids is 4. The quantitative estimate of drug-likeness (QED) is 0.395. The first kappa shape index (κ1) is 31.2. The minimum atomic E-state index is -0.854. The molecule has 0 aliphatic carbocycles. The van der Waals surface area contributed by atoms with Gasteiger partial charge in [-0.2, -0.15) is 0 Å². The summed E-state index contributed by atoms with van der Waals surface area (Å²) in [6.07, 6.45) is 0.374. The van der Waals surface area contributed by atoms with E-state index in [0.29, 0.717) is 19.4 Å². The van der Waals surface area contributed by atoms with Crippen molar-refractivity contribution in [3.05, 3.63) is 83.9 Å². The van der Waals surface area contributed by atoms with Gasteiger partial charge in [0.05, 0.1) is 12.6 Å². The van der Waals surface area contributed by atoms with Crippen molar-refractivity contribution in [2.45, 2.75) is 64.8 Å². The van der Waals surface area contributed by atoms with E-state index < -0.39 is 29.7 Å². The third-order valence-electron chi connectivity index (χ3n) is 8.86. The summed E-state index contributed by atoms with van der Waals surface area (Å²) >= 11 is 0. The van der Waals surface area contributed by atoms with Crippen LogP contribution in [0.4, 0.5) is 0 Å². The van der Waals surface area contributed by atoms with Gasteiger partial charge in [0.1, 0.15) is 24.8 Å². The average molecular weight is 598 g/mol. The van der Waals surface area contributed by atoms with Crippen LogP contribution in [0.2, 0.25) is 0 Å². The van der Waals surface area contributed by atoms with Crippen LogP contribution < -0.4 is 10.6 Å². The molecule has 2 N–H and O–H groups in total. The Morgan fingerprint density at radius 1 is 0.932 bits per heavy atom. The number of rotatable bonds is 9. The third-order valence-corrected chi connectivity index (χ3v) is 8.86. The number of fused-ring (bicyclic) bond motifs is 2. The molecule has 2 saturated heterocycles. The molecule has 0 bridgehead atoms. The number of hydrogen-bond donors (Lipinski definition) is 2. The van der Waals surface area contributed by atoms with Crippen LogP contribution in [0.15, 0.2) is 72.8 Å². The summed E-state index contributed by atoms with van der Waals surface area (Å²) in [5.41, 5.74) is 1.45. The number of nitrogens with one attached hydrogen (secondary N) is 2. The lowest BCUT2D eigenvalue weighted by atomic mass is 9.85. The van der Waals surface area contributed by atoms with Gasteiger partial charge < -0.3 is 25.3 Å². The van der Waals surface area contributed by atoms with Crippen LogP contribution in [0.25, 0.3) is 10.8 Å². The highest BCUT2D eigenvalue weighted by Gasteiger charge is 2.53. The molecule has 0 unspecified atom stereocenters. The number of piperazine rings is 1. The molecule has 3 aromatic rings. The molecule has 5 rings (SSSR count). The van der Waals surface area contributed by atoms with Gasteiger partial charge in [0.15, 0.2) is 0 Å². The maximum Gasteiger partial charge on any atom is 0.247 e. The van der Waals surface area contributed by atoms with Gasteiger partial charge in [0.25, 0.3) is 0 Å². The molecule has 0 radical (unpaired) electrons. The molecular weight excluding hydrogens is 554 g/mol. The molecule has 0 spiro atoms. The van der Waals surface area contributed by atoms with Gasteiger partial charge in [-0.3, -0.25) is 19.2 Å². The molecule has 0 aromatic heterocycles. The Balaban J connectivity index is 1.46. The van der Waals surface area contributed by atoms with Gasteiger partial charge in [-0.25, -0.2) is 0 Å². The fraction of sp³-hybridized carbons (Fsp3) is 0.429. The van der Waals surface area contributed by atoms with Crippen LogP contribution in [-0.4, -0.2) is 89.3 Å². The second kappa shape index (κ2) is 12.8. The first-order chi connectivity index (χ1) is 21.0. The Hall–Kier alpha value is -4.24. The summed E-state index contributed by atoms with van der Waals surface area (Å²) < 4.78 is 0. The first-order valence-electron chi connectivity index (χ1n) is 15.4. The van der Waals surface area contributed by atoms with Crippen molar-refractivity contribution in [1.82, 2.24) is 25.3 Å². The van der Waals surface area contributed by atoms with E-state index in [-0.39, 0.29) is 36.7 Å². The van der Waals surface area contributed by atoms with Crippen molar-refractivity contribution in [3.8, 4) is 0 Å². The Labute approximate surface area is 259 Å². The molecule has 4 amide bonds. The van der Waals surface area contributed by atoms with Crippen LogP contribution in [0.1, 0.15) is 38.8 Å². The van der Waals surface area contributed by atoms with Crippen LogP contribution in [-0.2, 0) is 32.0 Å². The highest BCUT2D eigenvalue weighted by Crippen LogP contribution is 2.31. The molecule has 9 nitrogen and oxygen atoms in total. The predicted octanol–water partition coefficient (Wildman–Crippen LogP) is 2.97. The normalized spacial score (nSPS) is 20.1. The molecule has 2 heterocycles. The lowest BCUT2D eigenvalue weighted by molar-refractivity contribution is -0.156. The van der Waals surface area contributed by atoms with Crippen LogP contribution in [0.3, 0.4) is 0 Å². The van der Waals surface area contributed by atoms with Crippen molar-refractivity contribution < 1.29 is 19.2 Å². The smallest absolute Gasteiger partial charge is 0.247 e. The monoisotopic (exact) mass is 597 g/mol. The maximum absolute atomic E-state index is 14.2. The summed E-state index contributed by atoms with van der Waals surface area (Å²) in [5, 5.41) is 8.01. The van der Waals surface area contributed by atoms with Crippen molar-refractivity contribution >= 4 is 34.4 Å². The van der Waals surface area contributed by atoms with Crippen molar-refractivity contribution in [1.29, 1.82) is 0 Å². The highest BCUT2D eigenvalue weighted by atomic mass is 16.2. The molecule has 4 atom stereocenters. The van der Waals surface area contributed by atoms with E-state index in [2.05, 4.69) is 16.7 Å². The Morgan fingerprint density at radius 2 is 1.61 bits per heavy atom. The molecule has 232 valence electrons. The van der Waals surface area contributed by atoms with Gasteiger partial charge in [0.2, 0.25) is 23.6 Å². The largest absolute Gasteiger partial charge is 0.342 e. The van der Waals surface area contributed by atoms with Crippen LogP contribution in [0.5, 0.6) is 0 Å². The van der Waals surface area contributed by atoms with Crippen LogP contribution in [0, 0.1) is 5.41 Å².